The van der Waals surface area contributed by atoms with Crippen molar-refractivity contribution in [1.82, 2.24) is 0 Å². The van der Waals surface area contributed by atoms with E-state index in [2.05, 4.69) is 12.2 Å². The van der Waals surface area contributed by atoms with Crippen LogP contribution in [0.3, 0.4) is 0 Å². The first kappa shape index (κ1) is 5.45. The zero-order chi connectivity index (χ0) is 6.10. The first-order valence-corrected chi connectivity index (χ1v) is 3.39. The number of ether oxygens (including phenoxy) is 2. The number of fused-ring (bicyclic) bond motifs is 2. The maximum atomic E-state index is 5.41. The van der Waals surface area contributed by atoms with Crippen LogP contribution in [0.5, 0.6) is 0 Å². The molecule has 0 aromatic carbocycles. The van der Waals surface area contributed by atoms with Crippen molar-refractivity contribution in [2.75, 3.05) is 6.61 Å². The summed E-state index contributed by atoms with van der Waals surface area (Å²) in [6, 6.07) is 0. The van der Waals surface area contributed by atoms with Gasteiger partial charge in [0.1, 0.15) is 0 Å². The van der Waals surface area contributed by atoms with E-state index >= 15 is 0 Å². The van der Waals surface area contributed by atoms with Gasteiger partial charge in [0.2, 0.25) is 0 Å². The lowest BCUT2D eigenvalue weighted by atomic mass is 10.1. The normalized spacial score (nSPS) is 40.9. The van der Waals surface area contributed by atoms with Gasteiger partial charge in [-0.1, -0.05) is 12.2 Å². The molecular formula is C7H10O2. The summed E-state index contributed by atoms with van der Waals surface area (Å²) in [5, 5.41) is 0. The fourth-order valence-electron chi connectivity index (χ4n) is 1.22. The summed E-state index contributed by atoms with van der Waals surface area (Å²) in [5.41, 5.74) is 0. The molecule has 2 bridgehead atoms. The third-order valence-corrected chi connectivity index (χ3v) is 1.71. The van der Waals surface area contributed by atoms with Gasteiger partial charge in [-0.3, -0.25) is 0 Å². The van der Waals surface area contributed by atoms with Crippen molar-refractivity contribution in [3.63, 3.8) is 0 Å². The molecule has 2 nitrogen and oxygen atoms in total. The van der Waals surface area contributed by atoms with Gasteiger partial charge in [-0.15, -0.1) is 0 Å². The zero-order valence-electron chi connectivity index (χ0n) is 5.25. The van der Waals surface area contributed by atoms with E-state index in [1.807, 2.05) is 0 Å². The van der Waals surface area contributed by atoms with Crippen LogP contribution in [-0.4, -0.2) is 19.0 Å². The Kier molecular flexibility index (Phi) is 1.28. The van der Waals surface area contributed by atoms with Crippen LogP contribution in [0.2, 0.25) is 0 Å². The molecule has 0 aliphatic carbocycles. The molecule has 0 radical (unpaired) electrons. The lowest BCUT2D eigenvalue weighted by Crippen LogP contribution is -2.33. The molecule has 1 fully saturated rings. The highest BCUT2D eigenvalue weighted by molar-refractivity contribution is 4.95. The fourth-order valence-corrected chi connectivity index (χ4v) is 1.22. The first-order valence-electron chi connectivity index (χ1n) is 3.39. The Balaban J connectivity index is 2.09. The molecule has 2 unspecified atom stereocenters. The lowest BCUT2D eigenvalue weighted by molar-refractivity contribution is -0.202. The number of rotatable bonds is 0. The van der Waals surface area contributed by atoms with Gasteiger partial charge in [-0.05, 0) is 0 Å². The third kappa shape index (κ3) is 1.00. The third-order valence-electron chi connectivity index (χ3n) is 1.71. The molecule has 0 spiro atoms. The van der Waals surface area contributed by atoms with Gasteiger partial charge >= 0.3 is 0 Å². The summed E-state index contributed by atoms with van der Waals surface area (Å²) in [4.78, 5) is 0. The Labute approximate surface area is 54.5 Å². The van der Waals surface area contributed by atoms with Crippen LogP contribution < -0.4 is 0 Å². The maximum Gasteiger partial charge on any atom is 0.161 e. The van der Waals surface area contributed by atoms with E-state index in [9.17, 15) is 0 Å². The molecule has 0 amide bonds. The molecule has 2 rings (SSSR count). The van der Waals surface area contributed by atoms with Crippen molar-refractivity contribution in [3.05, 3.63) is 12.2 Å². The molecule has 2 heteroatoms. The van der Waals surface area contributed by atoms with Gasteiger partial charge in [-0.25, -0.2) is 0 Å². The highest BCUT2D eigenvalue weighted by atomic mass is 16.7. The van der Waals surface area contributed by atoms with Crippen LogP contribution in [-0.2, 0) is 9.47 Å². The van der Waals surface area contributed by atoms with Gasteiger partial charge in [0.15, 0.2) is 6.29 Å². The molecule has 0 aromatic rings. The predicted octanol–water partition coefficient (Wildman–Crippen LogP) is 1.08. The van der Waals surface area contributed by atoms with Crippen molar-refractivity contribution in [2.24, 2.45) is 0 Å². The van der Waals surface area contributed by atoms with Gasteiger partial charge in [0, 0.05) is 12.8 Å². The summed E-state index contributed by atoms with van der Waals surface area (Å²) < 4.78 is 10.7. The maximum absolute atomic E-state index is 5.41. The van der Waals surface area contributed by atoms with E-state index in [0.717, 1.165) is 19.4 Å². The van der Waals surface area contributed by atoms with Gasteiger partial charge in [0.05, 0.1) is 12.7 Å². The Hall–Kier alpha value is -0.340. The molecule has 2 aliphatic heterocycles. The highest BCUT2D eigenvalue weighted by Crippen LogP contribution is 2.20. The van der Waals surface area contributed by atoms with Crippen molar-refractivity contribution in [2.45, 2.75) is 25.2 Å². The average molecular weight is 126 g/mol. The molecule has 9 heavy (non-hydrogen) atoms. The molecule has 0 aromatic heterocycles. The van der Waals surface area contributed by atoms with Gasteiger partial charge in [-0.2, -0.15) is 0 Å². The van der Waals surface area contributed by atoms with Crippen molar-refractivity contribution in [1.29, 1.82) is 0 Å². The number of hydrogen-bond acceptors (Lipinski definition) is 2. The summed E-state index contributed by atoms with van der Waals surface area (Å²) in [7, 11) is 0. The van der Waals surface area contributed by atoms with Crippen LogP contribution >= 0.6 is 0 Å². The standard InChI is InChI=1S/C7H10O2/c1-2-6-4-5-8-7(3-1)9-6/h1-2,6-7H,3-5H2. The Morgan fingerprint density at radius 3 is 3.22 bits per heavy atom. The Morgan fingerprint density at radius 2 is 2.44 bits per heavy atom. The van der Waals surface area contributed by atoms with Crippen molar-refractivity contribution in [3.8, 4) is 0 Å². The number of hydrogen-bond donors (Lipinski definition) is 0. The van der Waals surface area contributed by atoms with Crippen molar-refractivity contribution >= 4 is 0 Å². The van der Waals surface area contributed by atoms with Crippen LogP contribution in [0.4, 0.5) is 0 Å². The second kappa shape index (κ2) is 2.12. The molecule has 1 saturated heterocycles. The molecule has 2 heterocycles. The molecule has 0 saturated carbocycles. The second-order valence-electron chi connectivity index (χ2n) is 2.43. The summed E-state index contributed by atoms with van der Waals surface area (Å²) in [5.74, 6) is 0. The molecule has 2 atom stereocenters. The zero-order valence-corrected chi connectivity index (χ0v) is 5.25. The lowest BCUT2D eigenvalue weighted by Gasteiger charge is -2.30. The minimum Gasteiger partial charge on any atom is -0.352 e. The Morgan fingerprint density at radius 1 is 1.44 bits per heavy atom. The minimum atomic E-state index is 0.0637. The monoisotopic (exact) mass is 126 g/mol. The van der Waals surface area contributed by atoms with E-state index < -0.39 is 0 Å². The quantitative estimate of drug-likeness (QED) is 0.452. The topological polar surface area (TPSA) is 18.5 Å². The van der Waals surface area contributed by atoms with Crippen LogP contribution in [0.25, 0.3) is 0 Å². The molecule has 2 aliphatic rings. The Bertz CT molecular complexity index is 131. The van der Waals surface area contributed by atoms with E-state index in [1.54, 1.807) is 0 Å². The van der Waals surface area contributed by atoms with Crippen molar-refractivity contribution < 1.29 is 9.47 Å². The summed E-state index contributed by atoms with van der Waals surface area (Å²) in [6.45, 7) is 0.861. The van der Waals surface area contributed by atoms with Crippen LogP contribution in [0.15, 0.2) is 12.2 Å². The summed E-state index contributed by atoms with van der Waals surface area (Å²) >= 11 is 0. The SMILES string of the molecule is C1=CC2CCOC(C1)O2. The van der Waals surface area contributed by atoms with E-state index in [0.29, 0.717) is 6.10 Å². The predicted molar refractivity (Wildman–Crippen MR) is 33.0 cm³/mol. The van der Waals surface area contributed by atoms with E-state index in [4.69, 9.17) is 9.47 Å². The molecule has 50 valence electrons. The van der Waals surface area contributed by atoms with E-state index in [-0.39, 0.29) is 6.29 Å². The highest BCUT2D eigenvalue weighted by Gasteiger charge is 2.22. The van der Waals surface area contributed by atoms with Gasteiger partial charge < -0.3 is 9.47 Å². The van der Waals surface area contributed by atoms with Crippen LogP contribution in [0, 0.1) is 0 Å². The molecule has 0 N–H and O–H groups in total. The second-order valence-corrected chi connectivity index (χ2v) is 2.43. The van der Waals surface area contributed by atoms with Crippen LogP contribution in [0.1, 0.15) is 12.8 Å². The average Bonchev–Trinajstić information content (AvgIpc) is 1.88. The minimum absolute atomic E-state index is 0.0637. The summed E-state index contributed by atoms with van der Waals surface area (Å²) in [6.07, 6.45) is 6.62. The first-order chi connectivity index (χ1) is 4.45. The van der Waals surface area contributed by atoms with E-state index in [1.165, 1.54) is 0 Å². The fraction of sp³-hybridized carbons (Fsp3) is 0.714. The van der Waals surface area contributed by atoms with Gasteiger partial charge in [0.25, 0.3) is 0 Å². The molecular weight excluding hydrogens is 116 g/mol. The largest absolute Gasteiger partial charge is 0.352 e. The smallest absolute Gasteiger partial charge is 0.161 e.